The number of carbonyl (C=O) groups excluding carboxylic acids is 1. The second-order valence-corrected chi connectivity index (χ2v) is 9.48. The molecule has 0 fully saturated rings. The number of carbonyl (C=O) groups is 1. The van der Waals surface area contributed by atoms with Crippen molar-refractivity contribution in [2.24, 2.45) is 5.73 Å². The molecule has 9 heteroatoms. The molecule has 0 aliphatic heterocycles. The van der Waals surface area contributed by atoms with Crippen LogP contribution in [0.1, 0.15) is 39.9 Å². The Labute approximate surface area is 240 Å². The molecule has 0 saturated heterocycles. The van der Waals surface area contributed by atoms with Crippen LogP contribution in [0, 0.1) is 10.3 Å². The van der Waals surface area contributed by atoms with E-state index in [9.17, 15) is 9.70 Å². The number of benzene rings is 2. The highest BCUT2D eigenvalue weighted by Crippen LogP contribution is 2.37. The van der Waals surface area contributed by atoms with E-state index < -0.39 is 0 Å². The van der Waals surface area contributed by atoms with Crippen LogP contribution in [0.2, 0.25) is 0 Å². The summed E-state index contributed by atoms with van der Waals surface area (Å²) >= 11 is 0. The Morgan fingerprint density at radius 1 is 1.12 bits per heavy atom. The molecule has 212 valence electrons. The number of nitroso groups, excluding NO2 is 1. The Bertz CT molecular complexity index is 1520. The molecule has 7 N–H and O–H groups in total. The van der Waals surface area contributed by atoms with Gasteiger partial charge in [0.15, 0.2) is 0 Å². The molecule has 0 saturated carbocycles. The van der Waals surface area contributed by atoms with Gasteiger partial charge >= 0.3 is 0 Å². The highest BCUT2D eigenvalue weighted by Gasteiger charge is 2.21. The molecule has 0 atom stereocenters. The van der Waals surface area contributed by atoms with Gasteiger partial charge in [0, 0.05) is 39.7 Å². The molecule has 1 aromatic heterocycles. The van der Waals surface area contributed by atoms with Gasteiger partial charge in [-0.15, -0.1) is 0 Å². The van der Waals surface area contributed by atoms with Crippen LogP contribution in [0.3, 0.4) is 0 Å². The van der Waals surface area contributed by atoms with Gasteiger partial charge in [-0.25, -0.2) is 4.98 Å². The number of nitrogens with two attached hydrogens (primary N) is 2. The lowest BCUT2D eigenvalue weighted by Gasteiger charge is -2.23. The van der Waals surface area contributed by atoms with Crippen LogP contribution in [-0.4, -0.2) is 42.1 Å². The van der Waals surface area contributed by atoms with E-state index in [1.807, 2.05) is 18.2 Å². The lowest BCUT2D eigenvalue weighted by atomic mass is 9.85. The van der Waals surface area contributed by atoms with Crippen LogP contribution in [0.4, 0.5) is 5.69 Å². The summed E-state index contributed by atoms with van der Waals surface area (Å²) in [6.07, 6.45) is 10.3. The number of pyridine rings is 1. The second kappa shape index (κ2) is 14.4. The number of aryl methyl sites for hydroxylation is 1. The maximum absolute atomic E-state index is 12.4. The fourth-order valence-corrected chi connectivity index (χ4v) is 4.68. The Hall–Kier alpha value is -5.05. The van der Waals surface area contributed by atoms with Crippen molar-refractivity contribution in [1.82, 2.24) is 15.7 Å². The number of aromatic nitrogens is 1. The van der Waals surface area contributed by atoms with Gasteiger partial charge in [-0.1, -0.05) is 44.0 Å². The van der Waals surface area contributed by atoms with E-state index in [4.69, 9.17) is 21.9 Å². The Morgan fingerprint density at radius 3 is 2.41 bits per heavy atom. The Kier molecular flexibility index (Phi) is 10.7. The van der Waals surface area contributed by atoms with Crippen molar-refractivity contribution in [3.05, 3.63) is 113 Å². The molecule has 2 aromatic carbocycles. The van der Waals surface area contributed by atoms with Crippen LogP contribution in [-0.2, 0) is 12.8 Å². The summed E-state index contributed by atoms with van der Waals surface area (Å²) in [6.45, 7) is 11.0. The van der Waals surface area contributed by atoms with E-state index in [2.05, 4.69) is 30.5 Å². The molecule has 0 spiro atoms. The minimum atomic E-state index is -0.222. The van der Waals surface area contributed by atoms with E-state index >= 15 is 0 Å². The summed E-state index contributed by atoms with van der Waals surface area (Å²) in [4.78, 5) is 29.2. The summed E-state index contributed by atoms with van der Waals surface area (Å²) < 4.78 is 0. The maximum Gasteiger partial charge on any atom is 0.251 e. The predicted molar refractivity (Wildman–Crippen MR) is 168 cm³/mol. The SMILES string of the molecule is C=C/C=C(/N)C(=C)C=C.CN[N+](=O)CCNC(=O)c1ccc(-c2nc3ccc(N)c(C=N)c3c3c2CCCC3)cc1. The average molecular weight is 553 g/mol. The highest BCUT2D eigenvalue weighted by molar-refractivity contribution is 6.05. The largest absolute Gasteiger partial charge is 0.398 e. The first-order valence-corrected chi connectivity index (χ1v) is 13.4. The first-order chi connectivity index (χ1) is 19.7. The summed E-state index contributed by atoms with van der Waals surface area (Å²) in [5.74, 6) is -0.222. The minimum absolute atomic E-state index is 0.162. The van der Waals surface area contributed by atoms with Crippen molar-refractivity contribution >= 4 is 28.7 Å². The third-order valence-electron chi connectivity index (χ3n) is 6.87. The van der Waals surface area contributed by atoms with Gasteiger partial charge in [0.05, 0.1) is 29.7 Å². The molecule has 0 radical (unpaired) electrons. The fourth-order valence-electron chi connectivity index (χ4n) is 4.68. The molecule has 4 rings (SSSR count). The molecular formula is C32H38N7O2+. The number of hydrogen-bond donors (Lipinski definition) is 5. The monoisotopic (exact) mass is 552 g/mol. The molecule has 1 aliphatic rings. The zero-order chi connectivity index (χ0) is 29.9. The zero-order valence-corrected chi connectivity index (χ0v) is 23.5. The third-order valence-corrected chi connectivity index (χ3v) is 6.87. The molecule has 9 nitrogen and oxygen atoms in total. The van der Waals surface area contributed by atoms with E-state index in [0.717, 1.165) is 59.0 Å². The predicted octanol–water partition coefficient (Wildman–Crippen LogP) is 4.76. The van der Waals surface area contributed by atoms with Crippen LogP contribution in [0.15, 0.2) is 85.6 Å². The first-order valence-electron chi connectivity index (χ1n) is 13.4. The number of rotatable bonds is 10. The molecule has 3 aromatic rings. The second-order valence-electron chi connectivity index (χ2n) is 9.48. The van der Waals surface area contributed by atoms with E-state index in [-0.39, 0.29) is 19.0 Å². The van der Waals surface area contributed by atoms with E-state index in [1.165, 1.54) is 24.4 Å². The molecule has 1 aliphatic carbocycles. The van der Waals surface area contributed by atoms with Crippen LogP contribution in [0.25, 0.3) is 22.2 Å². The normalized spacial score (nSPS) is 12.3. The van der Waals surface area contributed by atoms with Crippen LogP contribution < -0.4 is 22.2 Å². The number of nitrogen functional groups attached to an aromatic ring is 1. The highest BCUT2D eigenvalue weighted by atomic mass is 16.3. The number of fused-ring (bicyclic) bond motifs is 3. The zero-order valence-electron chi connectivity index (χ0n) is 23.5. The van der Waals surface area contributed by atoms with Crippen molar-refractivity contribution in [3.63, 3.8) is 0 Å². The molecule has 1 amide bonds. The quantitative estimate of drug-likeness (QED) is 0.0805. The standard InChI is InChI=1S/C24H26N6O2.C8H11N/c1-27-30(32)13-12-28-24(31)16-8-6-15(7-9-16)23-18-5-3-2-4-17(18)22-19(14-25)20(26)10-11-21(22)29-23;1-4-6-8(9)7(3)5-2/h6-11,14H,2-5,12-13H2,1H3,(H4-,25,26,27,28,31,32);4-6H,1-3,9H2/p+1/b;8-6+. The smallest absolute Gasteiger partial charge is 0.251 e. The lowest BCUT2D eigenvalue weighted by Crippen LogP contribution is -2.33. The van der Waals surface area contributed by atoms with Crippen molar-refractivity contribution in [1.29, 1.82) is 5.41 Å². The van der Waals surface area contributed by atoms with Gasteiger partial charge in [0.2, 0.25) is 6.54 Å². The van der Waals surface area contributed by atoms with Crippen LogP contribution in [0.5, 0.6) is 0 Å². The van der Waals surface area contributed by atoms with Gasteiger partial charge in [-0.05, 0) is 72.7 Å². The van der Waals surface area contributed by atoms with Gasteiger partial charge in [0.25, 0.3) is 5.91 Å². The Balaban J connectivity index is 0.000000445. The summed E-state index contributed by atoms with van der Waals surface area (Å²) in [7, 11) is 1.54. The number of hydrazine groups is 1. The lowest BCUT2D eigenvalue weighted by molar-refractivity contribution is -0.600. The van der Waals surface area contributed by atoms with Crippen molar-refractivity contribution in [3.8, 4) is 11.3 Å². The summed E-state index contributed by atoms with van der Waals surface area (Å²) in [5, 5.41) is 11.6. The number of anilines is 1. The maximum atomic E-state index is 12.4. The number of amides is 1. The Morgan fingerprint density at radius 2 is 1.80 bits per heavy atom. The van der Waals surface area contributed by atoms with Gasteiger partial charge in [0.1, 0.15) is 4.87 Å². The van der Waals surface area contributed by atoms with Gasteiger partial charge < -0.3 is 22.2 Å². The average Bonchev–Trinajstić information content (AvgIpc) is 3.00. The molecular weight excluding hydrogens is 514 g/mol. The minimum Gasteiger partial charge on any atom is -0.398 e. The first kappa shape index (κ1) is 30.5. The number of nitrogens with one attached hydrogen (secondary N) is 3. The van der Waals surface area contributed by atoms with Crippen molar-refractivity contribution < 1.29 is 9.66 Å². The topological polar surface area (TPSA) is 150 Å². The third kappa shape index (κ3) is 7.33. The molecule has 0 unspecified atom stereocenters. The van der Waals surface area contributed by atoms with Crippen molar-refractivity contribution in [2.45, 2.75) is 25.7 Å². The van der Waals surface area contributed by atoms with Gasteiger partial charge in [-0.3, -0.25) is 4.79 Å². The number of nitrogens with zero attached hydrogens (tertiary/aromatic N) is 2. The van der Waals surface area contributed by atoms with Gasteiger partial charge in [-0.2, -0.15) is 5.43 Å². The van der Waals surface area contributed by atoms with E-state index in [1.54, 1.807) is 36.4 Å². The number of allylic oxidation sites excluding steroid dienone is 3. The van der Waals surface area contributed by atoms with Crippen molar-refractivity contribution in [2.75, 3.05) is 25.9 Å². The molecule has 1 heterocycles. The summed E-state index contributed by atoms with van der Waals surface area (Å²) in [6, 6.07) is 11.1. The van der Waals surface area contributed by atoms with E-state index in [0.29, 0.717) is 21.8 Å². The fraction of sp³-hybridized carbons (Fsp3) is 0.219. The summed E-state index contributed by atoms with van der Waals surface area (Å²) in [5.41, 5.74) is 22.4. The van der Waals surface area contributed by atoms with Crippen LogP contribution >= 0.6 is 0 Å². The molecule has 0 bridgehead atoms. The number of hydrogen-bond acceptors (Lipinski definition) is 6. The molecule has 41 heavy (non-hydrogen) atoms.